The van der Waals surface area contributed by atoms with Crippen molar-refractivity contribution in [3.8, 4) is 0 Å². The first kappa shape index (κ1) is 13.0. The number of sulfonamides is 1. The average molecular weight is 274 g/mol. The minimum Gasteiger partial charge on any atom is -0.480 e. The highest BCUT2D eigenvalue weighted by atomic mass is 32.2. The molecule has 0 aliphatic carbocycles. The first-order chi connectivity index (χ1) is 8.40. The Morgan fingerprint density at radius 3 is 2.94 bits per heavy atom. The topological polar surface area (TPSA) is 101 Å². The zero-order chi connectivity index (χ0) is 13.3. The molecule has 2 heterocycles. The number of carboxylic acids is 1. The molecule has 0 aromatic carbocycles. The molecule has 0 amide bonds. The molecular weight excluding hydrogens is 260 g/mol. The number of carbonyl (C=O) groups is 1. The lowest BCUT2D eigenvalue weighted by atomic mass is 10.2. The summed E-state index contributed by atoms with van der Waals surface area (Å²) in [5.41, 5.74) is 0.594. The van der Waals surface area contributed by atoms with Gasteiger partial charge in [0.1, 0.15) is 11.8 Å². The van der Waals surface area contributed by atoms with Crippen molar-refractivity contribution in [2.45, 2.75) is 31.6 Å². The zero-order valence-corrected chi connectivity index (χ0v) is 10.7. The van der Waals surface area contributed by atoms with E-state index in [9.17, 15) is 13.2 Å². The minimum atomic E-state index is -3.68. The fourth-order valence-corrected chi connectivity index (χ4v) is 3.72. The van der Waals surface area contributed by atoms with Crippen LogP contribution in [0.5, 0.6) is 0 Å². The van der Waals surface area contributed by atoms with Crippen LogP contribution in [0.15, 0.2) is 10.6 Å². The SMILES string of the molecule is Cc1cc(CS(=O)(=O)N2CCC[C@H]2C(=O)O)on1. The first-order valence-corrected chi connectivity index (χ1v) is 7.15. The van der Waals surface area contributed by atoms with Gasteiger partial charge in [-0.15, -0.1) is 0 Å². The van der Waals surface area contributed by atoms with Crippen molar-refractivity contribution in [1.29, 1.82) is 0 Å². The monoisotopic (exact) mass is 274 g/mol. The summed E-state index contributed by atoms with van der Waals surface area (Å²) >= 11 is 0. The lowest BCUT2D eigenvalue weighted by Crippen LogP contribution is -2.40. The lowest BCUT2D eigenvalue weighted by molar-refractivity contribution is -0.140. The van der Waals surface area contributed by atoms with E-state index in [0.717, 1.165) is 4.31 Å². The van der Waals surface area contributed by atoms with E-state index in [4.69, 9.17) is 9.63 Å². The molecule has 1 aliphatic rings. The predicted molar refractivity (Wildman–Crippen MR) is 61.2 cm³/mol. The molecule has 1 fully saturated rings. The van der Waals surface area contributed by atoms with Crippen molar-refractivity contribution in [2.75, 3.05) is 6.54 Å². The Morgan fingerprint density at radius 1 is 1.67 bits per heavy atom. The van der Waals surface area contributed by atoms with Crippen LogP contribution in [0.25, 0.3) is 0 Å². The van der Waals surface area contributed by atoms with Crippen molar-refractivity contribution in [2.24, 2.45) is 0 Å². The summed E-state index contributed by atoms with van der Waals surface area (Å²) in [6, 6.07) is 0.572. The Balaban J connectivity index is 2.18. The Kier molecular flexibility index (Phi) is 3.40. The molecule has 0 saturated carbocycles. The number of nitrogens with zero attached hydrogens (tertiary/aromatic N) is 2. The molecule has 0 spiro atoms. The van der Waals surface area contributed by atoms with E-state index in [1.165, 1.54) is 6.07 Å². The standard InChI is InChI=1S/C10H14N2O5S/c1-7-5-8(17-11-7)6-18(15,16)12-4-2-3-9(12)10(13)14/h5,9H,2-4,6H2,1H3,(H,13,14)/t9-/m0/s1. The van der Waals surface area contributed by atoms with Gasteiger partial charge < -0.3 is 9.63 Å². The van der Waals surface area contributed by atoms with Gasteiger partial charge in [-0.3, -0.25) is 4.79 Å². The molecule has 1 aliphatic heterocycles. The van der Waals surface area contributed by atoms with Crippen molar-refractivity contribution in [1.82, 2.24) is 9.46 Å². The Labute approximate surface area is 104 Å². The summed E-state index contributed by atoms with van der Waals surface area (Å²) in [7, 11) is -3.68. The third-order valence-electron chi connectivity index (χ3n) is 2.85. The van der Waals surface area contributed by atoms with Gasteiger partial charge in [-0.2, -0.15) is 4.31 Å². The molecular formula is C10H14N2O5S. The van der Waals surface area contributed by atoms with E-state index in [1.54, 1.807) is 6.92 Å². The smallest absolute Gasteiger partial charge is 0.322 e. The van der Waals surface area contributed by atoms with Crippen LogP contribution in [0, 0.1) is 6.92 Å². The third-order valence-corrected chi connectivity index (χ3v) is 4.65. The molecule has 1 saturated heterocycles. The van der Waals surface area contributed by atoms with Crippen molar-refractivity contribution in [3.63, 3.8) is 0 Å². The maximum absolute atomic E-state index is 12.1. The Hall–Kier alpha value is -1.41. The largest absolute Gasteiger partial charge is 0.480 e. The first-order valence-electron chi connectivity index (χ1n) is 5.54. The van der Waals surface area contributed by atoms with E-state index in [1.807, 2.05) is 0 Å². The lowest BCUT2D eigenvalue weighted by Gasteiger charge is -2.19. The van der Waals surface area contributed by atoms with Gasteiger partial charge in [-0.25, -0.2) is 8.42 Å². The van der Waals surface area contributed by atoms with E-state index in [-0.39, 0.29) is 18.1 Å². The number of rotatable bonds is 4. The molecule has 1 aromatic heterocycles. The molecule has 2 rings (SSSR count). The normalized spacial score (nSPS) is 21.3. The molecule has 0 unspecified atom stereocenters. The zero-order valence-electron chi connectivity index (χ0n) is 9.87. The fourth-order valence-electron chi connectivity index (χ4n) is 2.07. The number of aliphatic carboxylic acids is 1. The fraction of sp³-hybridized carbons (Fsp3) is 0.600. The van der Waals surface area contributed by atoms with E-state index >= 15 is 0 Å². The maximum Gasteiger partial charge on any atom is 0.322 e. The van der Waals surface area contributed by atoms with E-state index in [2.05, 4.69) is 5.16 Å². The molecule has 7 nitrogen and oxygen atoms in total. The van der Waals surface area contributed by atoms with Crippen LogP contribution < -0.4 is 0 Å². The molecule has 1 N–H and O–H groups in total. The van der Waals surface area contributed by atoms with Crippen LogP contribution in [0.1, 0.15) is 24.3 Å². The number of aromatic nitrogens is 1. The Morgan fingerprint density at radius 2 is 2.39 bits per heavy atom. The summed E-state index contributed by atoms with van der Waals surface area (Å²) in [5.74, 6) is -1.23. The average Bonchev–Trinajstić information content (AvgIpc) is 2.86. The molecule has 18 heavy (non-hydrogen) atoms. The van der Waals surface area contributed by atoms with Crippen LogP contribution in [0.4, 0.5) is 0 Å². The highest BCUT2D eigenvalue weighted by molar-refractivity contribution is 7.88. The Bertz CT molecular complexity index is 550. The van der Waals surface area contributed by atoms with Gasteiger partial charge in [0.05, 0.1) is 5.69 Å². The van der Waals surface area contributed by atoms with Gasteiger partial charge in [-0.1, -0.05) is 5.16 Å². The highest BCUT2D eigenvalue weighted by Crippen LogP contribution is 2.23. The molecule has 100 valence electrons. The van der Waals surface area contributed by atoms with E-state index < -0.39 is 22.0 Å². The summed E-state index contributed by atoms with van der Waals surface area (Å²) < 4.78 is 30.1. The number of hydrogen-bond donors (Lipinski definition) is 1. The van der Waals surface area contributed by atoms with Crippen LogP contribution >= 0.6 is 0 Å². The number of aryl methyl sites for hydroxylation is 1. The molecule has 1 aromatic rings. The predicted octanol–water partition coefficient (Wildman–Crippen LogP) is 0.362. The van der Waals surface area contributed by atoms with Gasteiger partial charge in [0.2, 0.25) is 10.0 Å². The third kappa shape index (κ3) is 2.54. The second-order valence-electron chi connectivity index (χ2n) is 4.30. The summed E-state index contributed by atoms with van der Waals surface area (Å²) in [6.45, 7) is 1.93. The summed E-state index contributed by atoms with van der Waals surface area (Å²) in [4.78, 5) is 11.0. The molecule has 0 bridgehead atoms. The minimum absolute atomic E-state index is 0.225. The van der Waals surface area contributed by atoms with Gasteiger partial charge >= 0.3 is 5.97 Å². The second kappa shape index (κ2) is 4.69. The van der Waals surface area contributed by atoms with Crippen molar-refractivity contribution >= 4 is 16.0 Å². The maximum atomic E-state index is 12.1. The van der Waals surface area contributed by atoms with Crippen LogP contribution in [-0.4, -0.2) is 41.5 Å². The molecule has 8 heteroatoms. The van der Waals surface area contributed by atoms with E-state index in [0.29, 0.717) is 18.5 Å². The van der Waals surface area contributed by atoms with Crippen LogP contribution in [0.2, 0.25) is 0 Å². The van der Waals surface area contributed by atoms with Crippen molar-refractivity contribution in [3.05, 3.63) is 17.5 Å². The highest BCUT2D eigenvalue weighted by Gasteiger charge is 2.39. The van der Waals surface area contributed by atoms with Gasteiger partial charge in [0.15, 0.2) is 5.76 Å². The molecule has 0 radical (unpaired) electrons. The van der Waals surface area contributed by atoms with Crippen molar-refractivity contribution < 1.29 is 22.8 Å². The number of hydrogen-bond acceptors (Lipinski definition) is 5. The number of carboxylic acid groups (broad SMARTS) is 1. The van der Waals surface area contributed by atoms with Crippen LogP contribution in [0.3, 0.4) is 0 Å². The summed E-state index contributed by atoms with van der Waals surface area (Å²) in [5, 5.41) is 12.6. The summed E-state index contributed by atoms with van der Waals surface area (Å²) in [6.07, 6.45) is 0.912. The quantitative estimate of drug-likeness (QED) is 0.850. The van der Waals surface area contributed by atoms with Gasteiger partial charge in [0, 0.05) is 12.6 Å². The molecule has 1 atom stereocenters. The van der Waals surface area contributed by atoms with Crippen LogP contribution in [-0.2, 0) is 20.6 Å². The van der Waals surface area contributed by atoms with Gasteiger partial charge in [0.25, 0.3) is 0 Å². The van der Waals surface area contributed by atoms with Gasteiger partial charge in [-0.05, 0) is 19.8 Å². The second-order valence-corrected chi connectivity index (χ2v) is 6.22.